The van der Waals surface area contributed by atoms with Gasteiger partial charge in [-0.05, 0) is 50.4 Å². The fraction of sp³-hybridized carbons (Fsp3) is 0.500. The van der Waals surface area contributed by atoms with E-state index in [2.05, 4.69) is 10.6 Å². The second kappa shape index (κ2) is 6.61. The van der Waals surface area contributed by atoms with Gasteiger partial charge in [0, 0.05) is 12.5 Å². The predicted molar refractivity (Wildman–Crippen MR) is 69.8 cm³/mol. The van der Waals surface area contributed by atoms with Crippen LogP contribution in [0, 0.1) is 17.6 Å². The summed E-state index contributed by atoms with van der Waals surface area (Å²) in [6, 6.07) is 3.04. The number of halogens is 2. The van der Waals surface area contributed by atoms with Gasteiger partial charge in [-0.3, -0.25) is 4.79 Å². The van der Waals surface area contributed by atoms with E-state index in [0.29, 0.717) is 12.3 Å². The molecule has 5 heteroatoms. The Morgan fingerprint density at radius 1 is 1.32 bits per heavy atom. The molecule has 19 heavy (non-hydrogen) atoms. The summed E-state index contributed by atoms with van der Waals surface area (Å²) < 4.78 is 26.3. The van der Waals surface area contributed by atoms with Crippen molar-refractivity contribution >= 4 is 11.6 Å². The van der Waals surface area contributed by atoms with Crippen molar-refractivity contribution in [1.29, 1.82) is 0 Å². The molecule has 0 atom stereocenters. The lowest BCUT2D eigenvalue weighted by atomic mass is 9.93. The molecular weight excluding hydrogens is 250 g/mol. The number of benzene rings is 1. The van der Waals surface area contributed by atoms with Gasteiger partial charge in [-0.1, -0.05) is 0 Å². The van der Waals surface area contributed by atoms with E-state index < -0.39 is 11.6 Å². The summed E-state index contributed by atoms with van der Waals surface area (Å²) in [6.45, 7) is 1.98. The smallest absolute Gasteiger partial charge is 0.224 e. The lowest BCUT2D eigenvalue weighted by Gasteiger charge is -2.22. The Hall–Kier alpha value is -1.49. The van der Waals surface area contributed by atoms with Crippen LogP contribution in [0.1, 0.15) is 25.7 Å². The lowest BCUT2D eigenvalue weighted by molar-refractivity contribution is -0.116. The fourth-order valence-electron chi connectivity index (χ4n) is 2.31. The minimum atomic E-state index is -0.614. The molecule has 1 heterocycles. The highest BCUT2D eigenvalue weighted by Crippen LogP contribution is 2.19. The van der Waals surface area contributed by atoms with Gasteiger partial charge in [-0.25, -0.2) is 8.78 Å². The molecule has 0 unspecified atom stereocenters. The van der Waals surface area contributed by atoms with Crippen LogP contribution in [0.5, 0.6) is 0 Å². The van der Waals surface area contributed by atoms with Gasteiger partial charge >= 0.3 is 0 Å². The van der Waals surface area contributed by atoms with Crippen molar-refractivity contribution in [2.24, 2.45) is 5.92 Å². The van der Waals surface area contributed by atoms with Crippen LogP contribution in [0.15, 0.2) is 18.2 Å². The molecule has 0 bridgehead atoms. The van der Waals surface area contributed by atoms with Gasteiger partial charge in [0.15, 0.2) is 0 Å². The molecule has 0 radical (unpaired) electrons. The summed E-state index contributed by atoms with van der Waals surface area (Å²) >= 11 is 0. The van der Waals surface area contributed by atoms with Gasteiger partial charge in [0.25, 0.3) is 0 Å². The minimum absolute atomic E-state index is 0.0877. The molecule has 1 aromatic rings. The number of carbonyl (C=O) groups is 1. The topological polar surface area (TPSA) is 41.1 Å². The molecule has 2 N–H and O–H groups in total. The maximum Gasteiger partial charge on any atom is 0.224 e. The van der Waals surface area contributed by atoms with E-state index >= 15 is 0 Å². The van der Waals surface area contributed by atoms with Crippen LogP contribution in [0.4, 0.5) is 14.5 Å². The number of hydrogen-bond donors (Lipinski definition) is 2. The van der Waals surface area contributed by atoms with Crippen molar-refractivity contribution in [2.45, 2.75) is 25.7 Å². The second-order valence-electron chi connectivity index (χ2n) is 4.90. The Bertz CT molecular complexity index is 445. The van der Waals surface area contributed by atoms with Crippen LogP contribution < -0.4 is 10.6 Å². The predicted octanol–water partition coefficient (Wildman–Crippen LogP) is 2.68. The highest BCUT2D eigenvalue weighted by Gasteiger charge is 2.15. The van der Waals surface area contributed by atoms with Gasteiger partial charge < -0.3 is 10.6 Å². The summed E-state index contributed by atoms with van der Waals surface area (Å²) in [5.74, 6) is -0.890. The number of carbonyl (C=O) groups excluding carboxylic acids is 1. The van der Waals surface area contributed by atoms with Crippen molar-refractivity contribution in [3.05, 3.63) is 29.8 Å². The Balaban J connectivity index is 1.81. The highest BCUT2D eigenvalue weighted by atomic mass is 19.1. The highest BCUT2D eigenvalue weighted by molar-refractivity contribution is 5.90. The zero-order chi connectivity index (χ0) is 13.7. The Morgan fingerprint density at radius 3 is 2.79 bits per heavy atom. The number of piperidine rings is 1. The third-order valence-corrected chi connectivity index (χ3v) is 3.44. The number of nitrogens with one attached hydrogen (secondary N) is 2. The Kier molecular flexibility index (Phi) is 4.85. The van der Waals surface area contributed by atoms with E-state index in [4.69, 9.17) is 0 Å². The summed E-state index contributed by atoms with van der Waals surface area (Å²) in [5.41, 5.74) is -0.0877. The molecular formula is C14H18F2N2O. The third-order valence-electron chi connectivity index (χ3n) is 3.44. The molecule has 0 aliphatic carbocycles. The first kappa shape index (κ1) is 13.9. The van der Waals surface area contributed by atoms with Crippen LogP contribution in [0.25, 0.3) is 0 Å². The lowest BCUT2D eigenvalue weighted by Crippen LogP contribution is -2.28. The van der Waals surface area contributed by atoms with Crippen LogP contribution in [-0.4, -0.2) is 19.0 Å². The van der Waals surface area contributed by atoms with Crippen molar-refractivity contribution in [2.75, 3.05) is 18.4 Å². The molecule has 0 aromatic heterocycles. The SMILES string of the molecule is O=C(CCC1CCNCC1)Nc1cc(F)ccc1F. The van der Waals surface area contributed by atoms with Crippen molar-refractivity contribution < 1.29 is 13.6 Å². The molecule has 1 aliphatic heterocycles. The average molecular weight is 268 g/mol. The monoisotopic (exact) mass is 268 g/mol. The van der Waals surface area contributed by atoms with Gasteiger partial charge in [0.2, 0.25) is 5.91 Å². The van der Waals surface area contributed by atoms with Crippen molar-refractivity contribution in [3.8, 4) is 0 Å². The first-order valence-corrected chi connectivity index (χ1v) is 6.61. The molecule has 0 saturated carbocycles. The van der Waals surface area contributed by atoms with Crippen molar-refractivity contribution in [3.63, 3.8) is 0 Å². The number of amides is 1. The second-order valence-corrected chi connectivity index (χ2v) is 4.90. The van der Waals surface area contributed by atoms with E-state index in [-0.39, 0.29) is 11.6 Å². The molecule has 1 aromatic carbocycles. The summed E-state index contributed by atoms with van der Waals surface area (Å²) in [7, 11) is 0. The van der Waals surface area contributed by atoms with Crippen LogP contribution in [0.2, 0.25) is 0 Å². The van der Waals surface area contributed by atoms with Gasteiger partial charge in [0.1, 0.15) is 11.6 Å². The maximum atomic E-state index is 13.3. The largest absolute Gasteiger partial charge is 0.324 e. The van der Waals surface area contributed by atoms with E-state index in [9.17, 15) is 13.6 Å². The van der Waals surface area contributed by atoms with E-state index in [1.165, 1.54) is 0 Å². The molecule has 1 aliphatic rings. The average Bonchev–Trinajstić information content (AvgIpc) is 2.42. The Morgan fingerprint density at radius 2 is 2.05 bits per heavy atom. The van der Waals surface area contributed by atoms with Crippen LogP contribution in [0.3, 0.4) is 0 Å². The first-order valence-electron chi connectivity index (χ1n) is 6.61. The van der Waals surface area contributed by atoms with Gasteiger partial charge in [-0.15, -0.1) is 0 Å². The van der Waals surface area contributed by atoms with Crippen LogP contribution >= 0.6 is 0 Å². The van der Waals surface area contributed by atoms with E-state index in [0.717, 1.165) is 50.6 Å². The normalized spacial score (nSPS) is 16.3. The number of anilines is 1. The fourth-order valence-corrected chi connectivity index (χ4v) is 2.31. The summed E-state index contributed by atoms with van der Waals surface area (Å²) in [5, 5.41) is 5.69. The quantitative estimate of drug-likeness (QED) is 0.881. The molecule has 0 spiro atoms. The zero-order valence-electron chi connectivity index (χ0n) is 10.7. The standard InChI is InChI=1S/C14H18F2N2O/c15-11-2-3-12(16)13(9-11)18-14(19)4-1-10-5-7-17-8-6-10/h2-3,9-10,17H,1,4-8H2,(H,18,19). The first-order chi connectivity index (χ1) is 9.15. The maximum absolute atomic E-state index is 13.3. The van der Waals surface area contributed by atoms with Crippen LogP contribution in [-0.2, 0) is 4.79 Å². The van der Waals surface area contributed by atoms with Gasteiger partial charge in [-0.2, -0.15) is 0 Å². The van der Waals surface area contributed by atoms with Gasteiger partial charge in [0.05, 0.1) is 5.69 Å². The Labute approximate surface area is 111 Å². The summed E-state index contributed by atoms with van der Waals surface area (Å²) in [4.78, 5) is 11.7. The molecule has 3 nitrogen and oxygen atoms in total. The van der Waals surface area contributed by atoms with Crippen molar-refractivity contribution in [1.82, 2.24) is 5.32 Å². The summed E-state index contributed by atoms with van der Waals surface area (Å²) in [6.07, 6.45) is 3.29. The molecule has 104 valence electrons. The molecule has 2 rings (SSSR count). The minimum Gasteiger partial charge on any atom is -0.324 e. The molecule has 1 saturated heterocycles. The van der Waals surface area contributed by atoms with E-state index in [1.807, 2.05) is 0 Å². The third kappa shape index (κ3) is 4.28. The van der Waals surface area contributed by atoms with E-state index in [1.54, 1.807) is 0 Å². The number of hydrogen-bond acceptors (Lipinski definition) is 2. The molecule has 1 amide bonds. The number of rotatable bonds is 4. The zero-order valence-corrected chi connectivity index (χ0v) is 10.7. The molecule has 1 fully saturated rings.